The molecule has 0 fully saturated rings. The van der Waals surface area contributed by atoms with E-state index in [0.717, 1.165) is 17.3 Å². The van der Waals surface area contributed by atoms with Crippen molar-refractivity contribution in [2.45, 2.75) is 12.4 Å². The van der Waals surface area contributed by atoms with Crippen LogP contribution in [0, 0.1) is 0 Å². The summed E-state index contributed by atoms with van der Waals surface area (Å²) < 4.78 is 63.3. The van der Waals surface area contributed by atoms with Crippen LogP contribution in [0.4, 0.5) is 0 Å². The summed E-state index contributed by atoms with van der Waals surface area (Å²) in [7, 11) is -8.41. The number of hydrogen-bond acceptors (Lipinski definition) is 6. The highest BCUT2D eigenvalue weighted by Crippen LogP contribution is 2.31. The quantitative estimate of drug-likeness (QED) is 0.510. The predicted molar refractivity (Wildman–Crippen MR) is 52.7 cm³/mol. The van der Waals surface area contributed by atoms with E-state index in [0.29, 0.717) is 0 Å². The zero-order valence-electron chi connectivity index (χ0n) is 8.64. The monoisotopic (exact) mass is 272 g/mol. The molecule has 0 radical (unpaired) electrons. The molecule has 0 bridgehead atoms. The Bertz CT molecular complexity index is 509. The van der Waals surface area contributed by atoms with E-state index >= 15 is 0 Å². The third-order valence-corrected chi connectivity index (χ3v) is 5.26. The third kappa shape index (κ3) is 1.82. The van der Waals surface area contributed by atoms with Crippen LogP contribution in [-0.2, 0) is 20.4 Å². The molecule has 1 aliphatic heterocycles. The fraction of sp³-hybridized carbons (Fsp3) is 0.667. The van der Waals surface area contributed by atoms with Gasteiger partial charge in [-0.15, -0.1) is 12.3 Å². The maximum absolute atomic E-state index is 11.2. The molecule has 16 heavy (non-hydrogen) atoms. The van der Waals surface area contributed by atoms with Gasteiger partial charge in [0.15, 0.2) is 10.1 Å². The predicted octanol–water partition coefficient (Wildman–Crippen LogP) is -1.13. The molecule has 0 amide bonds. The first kappa shape index (κ1) is 13.4. The molecular weight excluding hydrogens is 260 g/mol. The van der Waals surface area contributed by atoms with Crippen LogP contribution >= 0.6 is 0 Å². The lowest BCUT2D eigenvalue weighted by molar-refractivity contribution is -0.770. The van der Waals surface area contributed by atoms with Gasteiger partial charge in [-0.1, -0.05) is 0 Å². The van der Waals surface area contributed by atoms with Crippen LogP contribution in [-0.4, -0.2) is 53.8 Å². The molecular formula is C6H12N2O6S2. The van der Waals surface area contributed by atoms with Gasteiger partial charge in [0.1, 0.15) is 6.20 Å². The summed E-state index contributed by atoms with van der Waals surface area (Å²) in [5, 5.41) is 0. The summed E-state index contributed by atoms with van der Waals surface area (Å²) >= 11 is 0. The van der Waals surface area contributed by atoms with E-state index < -0.39 is 29.8 Å². The average molecular weight is 272 g/mol. The molecule has 0 aliphatic carbocycles. The maximum Gasteiger partial charge on any atom is 0.439 e. The molecule has 0 spiro atoms. The minimum Gasteiger partial charge on any atom is -0.742 e. The molecule has 0 saturated heterocycles. The van der Waals surface area contributed by atoms with Crippen molar-refractivity contribution in [3.63, 3.8) is 0 Å². The second kappa shape index (κ2) is 3.67. The first-order valence-electron chi connectivity index (χ1n) is 4.27. The minimum atomic E-state index is -4.91. The molecule has 0 aromatic rings. The summed E-state index contributed by atoms with van der Waals surface area (Å²) in [6.45, 7) is 1.08. The minimum absolute atomic E-state index is 0.272. The van der Waals surface area contributed by atoms with Crippen LogP contribution in [0.5, 0.6) is 0 Å². The summed E-state index contributed by atoms with van der Waals surface area (Å²) in [4.78, 5) is 0.944. The molecule has 0 saturated carbocycles. The highest BCUT2D eigenvalue weighted by atomic mass is 32.2. The van der Waals surface area contributed by atoms with Crippen LogP contribution in [0.25, 0.3) is 0 Å². The van der Waals surface area contributed by atoms with Crippen LogP contribution in [0.2, 0.25) is 0 Å². The number of quaternary nitrogens is 1. The van der Waals surface area contributed by atoms with E-state index in [1.165, 1.54) is 14.0 Å². The maximum atomic E-state index is 11.2. The number of nitrogens with zero attached hydrogens (tertiary/aromatic N) is 2. The van der Waals surface area contributed by atoms with Crippen molar-refractivity contribution in [3.05, 3.63) is 12.4 Å². The molecule has 10 heteroatoms. The van der Waals surface area contributed by atoms with Gasteiger partial charge >= 0.3 is 10.3 Å². The molecule has 2 atom stereocenters. The molecule has 1 rings (SSSR count). The molecule has 0 aromatic heterocycles. The highest BCUT2D eigenvalue weighted by Gasteiger charge is 2.54. The fourth-order valence-electron chi connectivity index (χ4n) is 1.71. The molecule has 1 aliphatic rings. The van der Waals surface area contributed by atoms with Crippen LogP contribution in [0.3, 0.4) is 0 Å². The Morgan fingerprint density at radius 3 is 2.19 bits per heavy atom. The van der Waals surface area contributed by atoms with E-state index in [1.807, 2.05) is 0 Å². The van der Waals surface area contributed by atoms with Crippen molar-refractivity contribution >= 4 is 20.4 Å². The highest BCUT2D eigenvalue weighted by molar-refractivity contribution is 7.87. The van der Waals surface area contributed by atoms with Gasteiger partial charge in [0.25, 0.3) is 5.50 Å². The third-order valence-electron chi connectivity index (χ3n) is 2.46. The van der Waals surface area contributed by atoms with Crippen molar-refractivity contribution in [3.8, 4) is 0 Å². The Kier molecular flexibility index (Phi) is 3.07. The lowest BCUT2D eigenvalue weighted by Gasteiger charge is -2.35. The van der Waals surface area contributed by atoms with Crippen molar-refractivity contribution in [1.29, 1.82) is 0 Å². The Morgan fingerprint density at radius 2 is 1.94 bits per heavy atom. The molecule has 94 valence electrons. The molecule has 8 nitrogen and oxygen atoms in total. The Hall–Kier alpha value is -0.680. The molecule has 2 unspecified atom stereocenters. The largest absolute Gasteiger partial charge is 0.742 e. The van der Waals surface area contributed by atoms with E-state index in [1.54, 1.807) is 0 Å². The van der Waals surface area contributed by atoms with E-state index in [4.69, 9.17) is 4.55 Å². The summed E-state index contributed by atoms with van der Waals surface area (Å²) in [5.41, 5.74) is -1.90. The van der Waals surface area contributed by atoms with E-state index in [2.05, 4.69) is 0 Å². The average Bonchev–Trinajstić information content (AvgIpc) is 2.41. The zero-order valence-corrected chi connectivity index (χ0v) is 10.3. The summed E-state index contributed by atoms with van der Waals surface area (Å²) in [6.07, 6.45) is 2.10. The molecule has 1 heterocycles. The van der Waals surface area contributed by atoms with E-state index in [-0.39, 0.29) is 6.54 Å². The smallest absolute Gasteiger partial charge is 0.439 e. The lowest BCUT2D eigenvalue weighted by Crippen LogP contribution is -2.59. The van der Waals surface area contributed by atoms with Gasteiger partial charge < -0.3 is 9.45 Å². The Balaban J connectivity index is 3.48. The van der Waals surface area contributed by atoms with Gasteiger partial charge in [-0.25, -0.2) is 13.0 Å². The van der Waals surface area contributed by atoms with Crippen molar-refractivity contribution in [1.82, 2.24) is 4.90 Å². The van der Waals surface area contributed by atoms with Gasteiger partial charge in [-0.2, -0.15) is 0 Å². The van der Waals surface area contributed by atoms with Crippen molar-refractivity contribution in [2.24, 2.45) is 0 Å². The lowest BCUT2D eigenvalue weighted by atomic mass is 10.6. The standard InChI is InChI=1S/C6H12N2O6S2/c1-3-8(16(12,13)14)5-4-7(2)6(8)15(9,10)11/h4-6H,3H2,1-2H3,(H-,9,10,11,12,13,14). The summed E-state index contributed by atoms with van der Waals surface area (Å²) in [6, 6.07) is 0. The van der Waals surface area contributed by atoms with Crippen LogP contribution < -0.4 is 0 Å². The van der Waals surface area contributed by atoms with Gasteiger partial charge in [-0.3, -0.25) is 0 Å². The second-order valence-corrected chi connectivity index (χ2v) is 6.38. The molecule has 0 aromatic carbocycles. The Labute approximate surface area is 94.0 Å². The van der Waals surface area contributed by atoms with E-state index in [9.17, 15) is 21.4 Å². The SMILES string of the molecule is CC[N+]1(S(=O)(=O)O)C=CN(C)C1S(=O)(=O)[O-]. The van der Waals surface area contributed by atoms with Crippen molar-refractivity contribution < 1.29 is 29.8 Å². The number of hydrogen-bond donors (Lipinski definition) is 1. The molecule has 1 N–H and O–H groups in total. The van der Waals surface area contributed by atoms with Gasteiger partial charge in [0.05, 0.1) is 12.7 Å². The van der Waals surface area contributed by atoms with Gasteiger partial charge in [0, 0.05) is 7.05 Å². The summed E-state index contributed by atoms with van der Waals surface area (Å²) in [5.74, 6) is 0. The fourth-order valence-corrected chi connectivity index (χ4v) is 4.40. The zero-order chi connectivity index (χ0) is 12.8. The topological polar surface area (TPSA) is 115 Å². The number of rotatable bonds is 3. The van der Waals surface area contributed by atoms with Crippen LogP contribution in [0.1, 0.15) is 6.92 Å². The second-order valence-electron chi connectivity index (χ2n) is 3.40. The normalized spacial score (nSPS) is 31.0. The van der Waals surface area contributed by atoms with Crippen molar-refractivity contribution in [2.75, 3.05) is 13.6 Å². The first-order chi connectivity index (χ1) is 7.06. The van der Waals surface area contributed by atoms with Crippen LogP contribution in [0.15, 0.2) is 12.4 Å². The van der Waals surface area contributed by atoms with Gasteiger partial charge in [-0.05, 0) is 6.92 Å². The Morgan fingerprint density at radius 1 is 1.44 bits per heavy atom. The van der Waals surface area contributed by atoms with Gasteiger partial charge in [0.2, 0.25) is 0 Å². The first-order valence-corrected chi connectivity index (χ1v) is 7.14.